The topological polar surface area (TPSA) is 98.5 Å². The molecule has 0 radical (unpaired) electrons. The number of carbonyl (C=O) groups is 2. The number of aromatic nitrogens is 4. The van der Waals surface area contributed by atoms with Gasteiger partial charge in [-0.25, -0.2) is 14.8 Å². The van der Waals surface area contributed by atoms with Crippen LogP contribution in [0.15, 0.2) is 43.0 Å². The summed E-state index contributed by atoms with van der Waals surface area (Å²) in [5, 5.41) is 4.37. The standard InChI is InChI=1S/C24H25N5O3/c1-6-20(30)18-9-14(2)17(13-26-18)19-10-15-12-27-21(28-23(31)32-24(3,4)5)11-16(15)22-25-7-8-29(19)22/h7-13H,6H2,1-5H3,(H,27,28,31). The van der Waals surface area contributed by atoms with Crippen molar-refractivity contribution in [2.45, 2.75) is 46.6 Å². The van der Waals surface area contributed by atoms with Gasteiger partial charge in [0.05, 0.1) is 5.69 Å². The first-order valence-electron chi connectivity index (χ1n) is 10.4. The minimum atomic E-state index is -0.602. The molecule has 4 aromatic heterocycles. The Kier molecular flexibility index (Phi) is 5.38. The Balaban J connectivity index is 1.78. The number of imidazole rings is 1. The molecule has 0 atom stereocenters. The third-order valence-corrected chi connectivity index (χ3v) is 4.99. The molecule has 0 aromatic carbocycles. The Morgan fingerprint density at radius 3 is 2.56 bits per heavy atom. The van der Waals surface area contributed by atoms with Crippen LogP contribution in [0.5, 0.6) is 0 Å². The lowest BCUT2D eigenvalue weighted by Crippen LogP contribution is -2.27. The van der Waals surface area contributed by atoms with Crippen LogP contribution in [-0.2, 0) is 4.74 Å². The number of Topliss-reactive ketones (excluding diaryl/α,β-unsaturated/α-hetero) is 1. The highest BCUT2D eigenvalue weighted by Gasteiger charge is 2.18. The summed E-state index contributed by atoms with van der Waals surface area (Å²) in [6.45, 7) is 9.19. The zero-order valence-corrected chi connectivity index (χ0v) is 18.8. The van der Waals surface area contributed by atoms with Gasteiger partial charge in [-0.1, -0.05) is 6.92 Å². The SMILES string of the molecule is CCC(=O)c1cc(C)c(-c2cc3cnc(NC(=O)OC(C)(C)C)cc3c3nccn23)cn1. The van der Waals surface area contributed by atoms with Crippen LogP contribution < -0.4 is 5.32 Å². The van der Waals surface area contributed by atoms with Gasteiger partial charge in [0.2, 0.25) is 0 Å². The van der Waals surface area contributed by atoms with Gasteiger partial charge in [-0.2, -0.15) is 0 Å². The summed E-state index contributed by atoms with van der Waals surface area (Å²) in [6.07, 6.45) is 6.86. The number of hydrogen-bond acceptors (Lipinski definition) is 6. The molecule has 1 amide bonds. The van der Waals surface area contributed by atoms with Gasteiger partial charge < -0.3 is 4.74 Å². The average molecular weight is 431 g/mol. The second kappa shape index (κ2) is 8.03. The predicted molar refractivity (Wildman–Crippen MR) is 123 cm³/mol. The van der Waals surface area contributed by atoms with Crippen molar-refractivity contribution in [3.8, 4) is 11.3 Å². The fourth-order valence-corrected chi connectivity index (χ4v) is 3.53. The van der Waals surface area contributed by atoms with Crippen LogP contribution in [0.25, 0.3) is 27.7 Å². The second-order valence-corrected chi connectivity index (χ2v) is 8.60. The third-order valence-electron chi connectivity index (χ3n) is 4.99. The minimum absolute atomic E-state index is 0.0140. The van der Waals surface area contributed by atoms with Gasteiger partial charge in [-0.3, -0.25) is 19.5 Å². The molecule has 1 N–H and O–H groups in total. The molecule has 4 aromatic rings. The number of hydrogen-bond donors (Lipinski definition) is 1. The summed E-state index contributed by atoms with van der Waals surface area (Å²) in [4.78, 5) is 37.4. The van der Waals surface area contributed by atoms with Crippen molar-refractivity contribution >= 4 is 34.1 Å². The first-order chi connectivity index (χ1) is 15.2. The van der Waals surface area contributed by atoms with E-state index in [1.807, 2.05) is 36.6 Å². The summed E-state index contributed by atoms with van der Waals surface area (Å²) in [5.74, 6) is 0.393. The monoisotopic (exact) mass is 431 g/mol. The Morgan fingerprint density at radius 1 is 1.09 bits per heavy atom. The highest BCUT2D eigenvalue weighted by molar-refractivity contribution is 5.99. The molecule has 0 aliphatic rings. The van der Waals surface area contributed by atoms with Gasteiger partial charge in [-0.15, -0.1) is 0 Å². The van der Waals surface area contributed by atoms with Gasteiger partial charge in [0.25, 0.3) is 0 Å². The van der Waals surface area contributed by atoms with Crippen LogP contribution in [0.3, 0.4) is 0 Å². The van der Waals surface area contributed by atoms with Crippen LogP contribution in [0, 0.1) is 6.92 Å². The van der Waals surface area contributed by atoms with Crippen LogP contribution >= 0.6 is 0 Å². The summed E-state index contributed by atoms with van der Waals surface area (Å²) >= 11 is 0. The molecule has 8 nitrogen and oxygen atoms in total. The number of pyridine rings is 3. The Morgan fingerprint density at radius 2 is 1.88 bits per heavy atom. The average Bonchev–Trinajstić information content (AvgIpc) is 3.21. The fourth-order valence-electron chi connectivity index (χ4n) is 3.53. The number of nitrogens with one attached hydrogen (secondary N) is 1. The normalized spacial score (nSPS) is 11.7. The highest BCUT2D eigenvalue weighted by atomic mass is 16.6. The number of ketones is 1. The van der Waals surface area contributed by atoms with Crippen LogP contribution in [0.2, 0.25) is 0 Å². The maximum absolute atomic E-state index is 12.1. The number of fused-ring (bicyclic) bond motifs is 3. The Labute approximate surface area is 185 Å². The lowest BCUT2D eigenvalue weighted by molar-refractivity contribution is 0.0635. The van der Waals surface area contributed by atoms with Crippen molar-refractivity contribution in [2.24, 2.45) is 0 Å². The van der Waals surface area contributed by atoms with E-state index in [2.05, 4.69) is 20.3 Å². The maximum Gasteiger partial charge on any atom is 0.413 e. The molecule has 0 aliphatic carbocycles. The van der Waals surface area contributed by atoms with Crippen molar-refractivity contribution in [3.63, 3.8) is 0 Å². The maximum atomic E-state index is 12.1. The number of amides is 1. The zero-order valence-electron chi connectivity index (χ0n) is 18.8. The number of aryl methyl sites for hydroxylation is 1. The largest absolute Gasteiger partial charge is 0.444 e. The first-order valence-corrected chi connectivity index (χ1v) is 10.4. The quantitative estimate of drug-likeness (QED) is 0.446. The van der Waals surface area contributed by atoms with E-state index < -0.39 is 11.7 Å². The van der Waals surface area contributed by atoms with Gasteiger partial charge in [-0.05, 0) is 51.5 Å². The molecule has 4 rings (SSSR count). The molecule has 0 fully saturated rings. The van der Waals surface area contributed by atoms with Crippen molar-refractivity contribution in [2.75, 3.05) is 5.32 Å². The van der Waals surface area contributed by atoms with Gasteiger partial charge in [0.15, 0.2) is 5.78 Å². The molecular formula is C24H25N5O3. The van der Waals surface area contributed by atoms with Gasteiger partial charge in [0.1, 0.15) is 22.8 Å². The molecular weight excluding hydrogens is 406 g/mol. The third kappa shape index (κ3) is 4.16. The molecule has 8 heteroatoms. The number of ether oxygens (including phenoxy) is 1. The summed E-state index contributed by atoms with van der Waals surface area (Å²) in [7, 11) is 0. The summed E-state index contributed by atoms with van der Waals surface area (Å²) in [6, 6.07) is 5.60. The van der Waals surface area contributed by atoms with Crippen LogP contribution in [-0.4, -0.2) is 36.8 Å². The zero-order chi connectivity index (χ0) is 23.0. The number of carbonyl (C=O) groups excluding carboxylic acids is 2. The van der Waals surface area contributed by atoms with Crippen LogP contribution in [0.4, 0.5) is 10.6 Å². The Hall–Kier alpha value is -3.81. The number of rotatable bonds is 4. The van der Waals surface area contributed by atoms with Crippen molar-refractivity contribution < 1.29 is 14.3 Å². The van der Waals surface area contributed by atoms with E-state index in [4.69, 9.17) is 4.74 Å². The predicted octanol–water partition coefficient (Wildman–Crippen LogP) is 5.19. The van der Waals surface area contributed by atoms with E-state index in [0.29, 0.717) is 17.9 Å². The summed E-state index contributed by atoms with van der Waals surface area (Å²) < 4.78 is 7.27. The van der Waals surface area contributed by atoms with Crippen molar-refractivity contribution in [1.29, 1.82) is 0 Å². The molecule has 0 spiro atoms. The lowest BCUT2D eigenvalue weighted by Gasteiger charge is -2.19. The van der Waals surface area contributed by atoms with E-state index >= 15 is 0 Å². The van der Waals surface area contributed by atoms with E-state index in [9.17, 15) is 9.59 Å². The fraction of sp³-hybridized carbons (Fsp3) is 0.292. The van der Waals surface area contributed by atoms with Crippen molar-refractivity contribution in [1.82, 2.24) is 19.4 Å². The smallest absolute Gasteiger partial charge is 0.413 e. The van der Waals surface area contributed by atoms with E-state index in [1.54, 1.807) is 45.4 Å². The minimum Gasteiger partial charge on any atom is -0.444 e. The molecule has 4 heterocycles. The van der Waals surface area contributed by atoms with E-state index in [1.165, 1.54) is 0 Å². The van der Waals surface area contributed by atoms with E-state index in [0.717, 1.165) is 33.2 Å². The van der Waals surface area contributed by atoms with Gasteiger partial charge in [0, 0.05) is 47.5 Å². The molecule has 0 saturated heterocycles. The Bertz CT molecular complexity index is 1350. The van der Waals surface area contributed by atoms with Crippen molar-refractivity contribution in [3.05, 3.63) is 54.2 Å². The van der Waals surface area contributed by atoms with Crippen LogP contribution in [0.1, 0.15) is 50.2 Å². The number of nitrogens with zero attached hydrogens (tertiary/aromatic N) is 4. The van der Waals surface area contributed by atoms with E-state index in [-0.39, 0.29) is 5.78 Å². The summed E-state index contributed by atoms with van der Waals surface area (Å²) in [5.41, 5.74) is 3.33. The second-order valence-electron chi connectivity index (χ2n) is 8.60. The molecule has 0 saturated carbocycles. The van der Waals surface area contributed by atoms with Gasteiger partial charge >= 0.3 is 6.09 Å². The molecule has 164 valence electrons. The molecule has 32 heavy (non-hydrogen) atoms. The first kappa shape index (κ1) is 21.4. The molecule has 0 unspecified atom stereocenters. The number of anilines is 1. The molecule has 0 aliphatic heterocycles. The highest BCUT2D eigenvalue weighted by Crippen LogP contribution is 2.30. The molecule has 0 bridgehead atoms. The lowest BCUT2D eigenvalue weighted by atomic mass is 10.0.